The van der Waals surface area contributed by atoms with Gasteiger partial charge in [-0.15, -0.1) is 0 Å². The zero-order valence-corrected chi connectivity index (χ0v) is 15.4. The van der Waals surface area contributed by atoms with E-state index in [1.165, 1.54) is 12.1 Å². The molecule has 26 heavy (non-hydrogen) atoms. The van der Waals surface area contributed by atoms with Gasteiger partial charge in [-0.1, -0.05) is 0 Å². The second-order valence-electron chi connectivity index (χ2n) is 7.04. The fourth-order valence-corrected chi connectivity index (χ4v) is 3.75. The summed E-state index contributed by atoms with van der Waals surface area (Å²) in [6, 6.07) is 6.41. The lowest BCUT2D eigenvalue weighted by Gasteiger charge is -2.37. The van der Waals surface area contributed by atoms with Crippen molar-refractivity contribution in [1.29, 1.82) is 0 Å². The molecule has 2 amide bonds. The summed E-state index contributed by atoms with van der Waals surface area (Å²) in [5.41, 5.74) is 0.967. The van der Waals surface area contributed by atoms with Crippen molar-refractivity contribution < 1.29 is 18.7 Å². The quantitative estimate of drug-likeness (QED) is 0.793. The number of piperazine rings is 1. The van der Waals surface area contributed by atoms with Gasteiger partial charge in [-0.05, 0) is 31.2 Å². The maximum atomic E-state index is 13.1. The molecule has 0 aromatic heterocycles. The smallest absolute Gasteiger partial charge is 0.228 e. The molecule has 2 heterocycles. The van der Waals surface area contributed by atoms with Crippen LogP contribution in [0.3, 0.4) is 0 Å². The third-order valence-corrected chi connectivity index (χ3v) is 5.23. The van der Waals surface area contributed by atoms with Gasteiger partial charge in [0.05, 0.1) is 18.6 Å². The molecule has 0 bridgehead atoms. The van der Waals surface area contributed by atoms with Gasteiger partial charge in [0.15, 0.2) is 0 Å². The van der Waals surface area contributed by atoms with Crippen molar-refractivity contribution in [3.05, 3.63) is 30.1 Å². The molecule has 1 aromatic rings. The minimum absolute atomic E-state index is 0.0133. The molecule has 142 valence electrons. The number of rotatable bonds is 5. The van der Waals surface area contributed by atoms with Crippen molar-refractivity contribution in [3.8, 4) is 0 Å². The van der Waals surface area contributed by atoms with Crippen LogP contribution in [-0.2, 0) is 14.3 Å². The molecule has 0 aliphatic carbocycles. The zero-order valence-electron chi connectivity index (χ0n) is 15.4. The van der Waals surface area contributed by atoms with E-state index in [4.69, 9.17) is 4.74 Å². The van der Waals surface area contributed by atoms with Crippen LogP contribution in [0.1, 0.15) is 13.3 Å². The van der Waals surface area contributed by atoms with Crippen LogP contribution in [-0.4, -0.2) is 74.1 Å². The molecule has 0 saturated carbocycles. The standard InChI is InChI=1S/C19H26FN3O3/c1-14(13-26-2)23-12-15(11-18(23)24)19(25)22-9-7-21(8-10-22)17-5-3-16(20)4-6-17/h3-6,14-15H,7-13H2,1-2H3/t14-,15+/m1/s1. The number of carbonyl (C=O) groups is 2. The van der Waals surface area contributed by atoms with Crippen LogP contribution in [0.4, 0.5) is 10.1 Å². The van der Waals surface area contributed by atoms with Crippen LogP contribution < -0.4 is 4.90 Å². The van der Waals surface area contributed by atoms with Crippen molar-refractivity contribution in [2.24, 2.45) is 5.92 Å². The van der Waals surface area contributed by atoms with Crippen molar-refractivity contribution in [1.82, 2.24) is 9.80 Å². The minimum atomic E-state index is -0.265. The Morgan fingerprint density at radius 1 is 1.23 bits per heavy atom. The van der Waals surface area contributed by atoms with Gasteiger partial charge in [0.25, 0.3) is 0 Å². The zero-order chi connectivity index (χ0) is 18.7. The number of carbonyl (C=O) groups excluding carboxylic acids is 2. The Morgan fingerprint density at radius 2 is 1.88 bits per heavy atom. The van der Waals surface area contributed by atoms with Gasteiger partial charge in [-0.25, -0.2) is 4.39 Å². The van der Waals surface area contributed by atoms with Crippen LogP contribution in [0.5, 0.6) is 0 Å². The fourth-order valence-electron chi connectivity index (χ4n) is 3.75. The first-order chi connectivity index (χ1) is 12.5. The topological polar surface area (TPSA) is 53.1 Å². The van der Waals surface area contributed by atoms with E-state index in [2.05, 4.69) is 4.90 Å². The number of benzene rings is 1. The largest absolute Gasteiger partial charge is 0.383 e. The molecule has 3 rings (SSSR count). The Kier molecular flexibility index (Phi) is 5.76. The normalized spacial score (nSPS) is 22.0. The second-order valence-corrected chi connectivity index (χ2v) is 7.04. The van der Waals surface area contributed by atoms with E-state index in [9.17, 15) is 14.0 Å². The predicted octanol–water partition coefficient (Wildman–Crippen LogP) is 1.36. The molecule has 0 unspecified atom stereocenters. The first-order valence-corrected chi connectivity index (χ1v) is 9.07. The Bertz CT molecular complexity index is 644. The summed E-state index contributed by atoms with van der Waals surface area (Å²) in [6.07, 6.45) is 0.283. The van der Waals surface area contributed by atoms with E-state index in [0.29, 0.717) is 39.3 Å². The van der Waals surface area contributed by atoms with Crippen molar-refractivity contribution in [2.75, 3.05) is 51.3 Å². The van der Waals surface area contributed by atoms with Crippen molar-refractivity contribution in [2.45, 2.75) is 19.4 Å². The van der Waals surface area contributed by atoms with E-state index in [1.54, 1.807) is 24.1 Å². The van der Waals surface area contributed by atoms with E-state index in [-0.39, 0.29) is 36.0 Å². The van der Waals surface area contributed by atoms with Gasteiger partial charge in [0.1, 0.15) is 5.82 Å². The second kappa shape index (κ2) is 8.03. The van der Waals surface area contributed by atoms with E-state index >= 15 is 0 Å². The minimum Gasteiger partial charge on any atom is -0.383 e. The molecule has 1 aromatic carbocycles. The third kappa shape index (κ3) is 3.98. The number of likely N-dealkylation sites (tertiary alicyclic amines) is 1. The SMILES string of the molecule is COC[C@@H](C)N1C[C@@H](C(=O)N2CCN(c3ccc(F)cc3)CC2)CC1=O. The molecule has 7 heteroatoms. The number of ether oxygens (including phenoxy) is 1. The van der Waals surface area contributed by atoms with Gasteiger partial charge in [-0.3, -0.25) is 9.59 Å². The van der Waals surface area contributed by atoms with Crippen molar-refractivity contribution in [3.63, 3.8) is 0 Å². The Labute approximate surface area is 153 Å². The van der Waals surface area contributed by atoms with Crippen LogP contribution in [0.25, 0.3) is 0 Å². The lowest BCUT2D eigenvalue weighted by molar-refractivity contribution is -0.136. The van der Waals surface area contributed by atoms with Crippen LogP contribution in [0.2, 0.25) is 0 Å². The average Bonchev–Trinajstić information content (AvgIpc) is 3.04. The van der Waals surface area contributed by atoms with Gasteiger partial charge >= 0.3 is 0 Å². The molecular weight excluding hydrogens is 337 g/mol. The Balaban J connectivity index is 1.54. The Hall–Kier alpha value is -2.15. The molecule has 2 atom stereocenters. The first kappa shape index (κ1) is 18.6. The van der Waals surface area contributed by atoms with Crippen LogP contribution in [0.15, 0.2) is 24.3 Å². The number of nitrogens with zero attached hydrogens (tertiary/aromatic N) is 3. The van der Waals surface area contributed by atoms with Gasteiger partial charge in [-0.2, -0.15) is 0 Å². The lowest BCUT2D eigenvalue weighted by atomic mass is 10.1. The molecule has 2 aliphatic rings. The number of hydrogen-bond acceptors (Lipinski definition) is 4. The maximum absolute atomic E-state index is 13.1. The summed E-state index contributed by atoms with van der Waals surface area (Å²) < 4.78 is 18.2. The number of amides is 2. The number of halogens is 1. The summed E-state index contributed by atoms with van der Waals surface area (Å²) >= 11 is 0. The summed E-state index contributed by atoms with van der Waals surface area (Å²) in [5.74, 6) is -0.429. The van der Waals surface area contributed by atoms with E-state index in [0.717, 1.165) is 5.69 Å². The fraction of sp³-hybridized carbons (Fsp3) is 0.579. The van der Waals surface area contributed by atoms with Crippen LogP contribution >= 0.6 is 0 Å². The molecule has 0 radical (unpaired) electrons. The first-order valence-electron chi connectivity index (χ1n) is 9.07. The average molecular weight is 363 g/mol. The number of anilines is 1. The molecule has 2 saturated heterocycles. The summed E-state index contributed by atoms with van der Waals surface area (Å²) in [4.78, 5) is 30.8. The third-order valence-electron chi connectivity index (χ3n) is 5.23. The van der Waals surface area contributed by atoms with E-state index in [1.807, 2.05) is 11.8 Å². The van der Waals surface area contributed by atoms with Gasteiger partial charge < -0.3 is 19.4 Å². The molecule has 6 nitrogen and oxygen atoms in total. The molecule has 2 fully saturated rings. The summed E-state index contributed by atoms with van der Waals surface area (Å²) in [7, 11) is 1.61. The highest BCUT2D eigenvalue weighted by atomic mass is 19.1. The highest BCUT2D eigenvalue weighted by Crippen LogP contribution is 2.24. The number of methoxy groups -OCH3 is 1. The molecule has 0 spiro atoms. The highest BCUT2D eigenvalue weighted by Gasteiger charge is 2.39. The maximum Gasteiger partial charge on any atom is 0.228 e. The van der Waals surface area contributed by atoms with Crippen LogP contribution in [0, 0.1) is 11.7 Å². The van der Waals surface area contributed by atoms with Gasteiger partial charge in [0, 0.05) is 51.9 Å². The predicted molar refractivity (Wildman–Crippen MR) is 96.4 cm³/mol. The monoisotopic (exact) mass is 363 g/mol. The van der Waals surface area contributed by atoms with E-state index < -0.39 is 0 Å². The molecular formula is C19H26FN3O3. The van der Waals surface area contributed by atoms with Crippen molar-refractivity contribution >= 4 is 17.5 Å². The molecule has 0 N–H and O–H groups in total. The number of hydrogen-bond donors (Lipinski definition) is 0. The molecule has 2 aliphatic heterocycles. The van der Waals surface area contributed by atoms with Gasteiger partial charge in [0.2, 0.25) is 11.8 Å². The highest BCUT2D eigenvalue weighted by molar-refractivity contribution is 5.89. The summed E-state index contributed by atoms with van der Waals surface area (Å²) in [6.45, 7) is 5.55. The lowest BCUT2D eigenvalue weighted by Crippen LogP contribution is -2.50. The Morgan fingerprint density at radius 3 is 2.50 bits per heavy atom. The summed E-state index contributed by atoms with van der Waals surface area (Å²) in [5, 5.41) is 0.